The zero-order valence-corrected chi connectivity index (χ0v) is 18.3. The molecule has 33 heavy (non-hydrogen) atoms. The lowest BCUT2D eigenvalue weighted by atomic mass is 10.2. The number of fused-ring (bicyclic) bond motifs is 1. The molecule has 0 aliphatic rings. The van der Waals surface area contributed by atoms with Crippen LogP contribution >= 0.6 is 11.6 Å². The van der Waals surface area contributed by atoms with Crippen LogP contribution in [0, 0.1) is 11.6 Å². The summed E-state index contributed by atoms with van der Waals surface area (Å²) in [6, 6.07) is 7.96. The van der Waals surface area contributed by atoms with E-state index in [1.54, 1.807) is 18.2 Å². The van der Waals surface area contributed by atoms with Crippen LogP contribution in [0.4, 0.5) is 8.78 Å². The zero-order chi connectivity index (χ0) is 23.5. The number of rotatable bonds is 7. The molecule has 0 saturated heterocycles. The molecule has 0 aliphatic heterocycles. The molecule has 2 aromatic heterocycles. The molecule has 4 aromatic rings. The minimum Gasteiger partial charge on any atom is -0.441 e. The van der Waals surface area contributed by atoms with Crippen molar-refractivity contribution in [1.29, 1.82) is 0 Å². The highest BCUT2D eigenvalue weighted by molar-refractivity contribution is 6.31. The maximum atomic E-state index is 13.9. The predicted molar refractivity (Wildman–Crippen MR) is 119 cm³/mol. The van der Waals surface area contributed by atoms with Gasteiger partial charge in [0.15, 0.2) is 11.7 Å². The molecule has 1 N–H and O–H groups in total. The molecule has 0 aliphatic carbocycles. The molecule has 4 rings (SSSR count). The monoisotopic (exact) mass is 472 g/mol. The summed E-state index contributed by atoms with van der Waals surface area (Å²) in [5.41, 5.74) is 0.226. The third-order valence-corrected chi connectivity index (χ3v) is 5.33. The number of nitrogens with zero attached hydrogens (tertiary/aromatic N) is 3. The number of hydrogen-bond donors (Lipinski definition) is 1. The second kappa shape index (κ2) is 9.50. The Morgan fingerprint density at radius 3 is 2.79 bits per heavy atom. The molecule has 170 valence electrons. The van der Waals surface area contributed by atoms with Gasteiger partial charge in [-0.1, -0.05) is 11.6 Å². The van der Waals surface area contributed by atoms with Gasteiger partial charge in [0.25, 0.3) is 5.56 Å². The van der Waals surface area contributed by atoms with Crippen molar-refractivity contribution < 1.29 is 18.0 Å². The SMILES string of the molecule is CCN(Cc1nc2cc(Cl)ccc2c(=O)[nH]1)C(=O)CCc1ncc(-c2ccc(F)cc2F)o1. The lowest BCUT2D eigenvalue weighted by molar-refractivity contribution is -0.131. The number of aryl methyl sites for hydroxylation is 1. The van der Waals surface area contributed by atoms with Crippen molar-refractivity contribution in [3.05, 3.63) is 81.3 Å². The van der Waals surface area contributed by atoms with E-state index in [1.165, 1.54) is 17.2 Å². The normalized spacial score (nSPS) is 11.2. The van der Waals surface area contributed by atoms with Crippen molar-refractivity contribution in [3.8, 4) is 11.3 Å². The third-order valence-electron chi connectivity index (χ3n) is 5.10. The fourth-order valence-corrected chi connectivity index (χ4v) is 3.57. The van der Waals surface area contributed by atoms with Gasteiger partial charge in [0, 0.05) is 30.5 Å². The van der Waals surface area contributed by atoms with E-state index in [4.69, 9.17) is 16.0 Å². The highest BCUT2D eigenvalue weighted by Crippen LogP contribution is 2.24. The largest absolute Gasteiger partial charge is 0.441 e. The molecule has 0 atom stereocenters. The number of carbonyl (C=O) groups is 1. The maximum Gasteiger partial charge on any atom is 0.258 e. The molecule has 10 heteroatoms. The number of nitrogens with one attached hydrogen (secondary N) is 1. The Kier molecular flexibility index (Phi) is 6.50. The number of halogens is 3. The molecule has 2 heterocycles. The molecule has 0 spiro atoms. The summed E-state index contributed by atoms with van der Waals surface area (Å²) >= 11 is 5.99. The van der Waals surface area contributed by atoms with Gasteiger partial charge < -0.3 is 14.3 Å². The van der Waals surface area contributed by atoms with Gasteiger partial charge in [0.05, 0.1) is 29.2 Å². The van der Waals surface area contributed by atoms with E-state index >= 15 is 0 Å². The summed E-state index contributed by atoms with van der Waals surface area (Å²) in [5.74, 6) is -0.895. The lowest BCUT2D eigenvalue weighted by Gasteiger charge is -2.20. The average molecular weight is 473 g/mol. The summed E-state index contributed by atoms with van der Waals surface area (Å²) in [6.45, 7) is 2.33. The predicted octanol–water partition coefficient (Wildman–Crippen LogP) is 4.49. The summed E-state index contributed by atoms with van der Waals surface area (Å²) in [5, 5.41) is 0.871. The van der Waals surface area contributed by atoms with E-state index in [0.29, 0.717) is 28.3 Å². The lowest BCUT2D eigenvalue weighted by Crippen LogP contribution is -2.32. The van der Waals surface area contributed by atoms with Crippen molar-refractivity contribution >= 4 is 28.4 Å². The molecular formula is C23H19ClF2N4O3. The van der Waals surface area contributed by atoms with Gasteiger partial charge in [-0.3, -0.25) is 9.59 Å². The number of carbonyl (C=O) groups excluding carboxylic acids is 1. The van der Waals surface area contributed by atoms with Crippen LogP contribution in [0.3, 0.4) is 0 Å². The highest BCUT2D eigenvalue weighted by Gasteiger charge is 2.17. The van der Waals surface area contributed by atoms with Crippen LogP contribution < -0.4 is 5.56 Å². The first kappa shape index (κ1) is 22.6. The molecular weight excluding hydrogens is 454 g/mol. The Hall–Kier alpha value is -3.59. The van der Waals surface area contributed by atoms with Gasteiger partial charge in [-0.2, -0.15) is 0 Å². The zero-order valence-electron chi connectivity index (χ0n) is 17.6. The van der Waals surface area contributed by atoms with Crippen molar-refractivity contribution in [3.63, 3.8) is 0 Å². The molecule has 0 radical (unpaired) electrons. The quantitative estimate of drug-likeness (QED) is 0.428. The molecule has 0 bridgehead atoms. The molecule has 7 nitrogen and oxygen atoms in total. The van der Waals surface area contributed by atoms with E-state index in [2.05, 4.69) is 15.0 Å². The minimum atomic E-state index is -0.760. The number of hydrogen-bond acceptors (Lipinski definition) is 5. The van der Waals surface area contributed by atoms with Gasteiger partial charge in [-0.25, -0.2) is 18.7 Å². The van der Waals surface area contributed by atoms with Gasteiger partial charge in [0.1, 0.15) is 17.5 Å². The Labute approximate surface area is 192 Å². The number of aromatic amines is 1. The fourth-order valence-electron chi connectivity index (χ4n) is 3.40. The van der Waals surface area contributed by atoms with Gasteiger partial charge in [0.2, 0.25) is 5.91 Å². The van der Waals surface area contributed by atoms with Crippen molar-refractivity contribution in [2.24, 2.45) is 0 Å². The van der Waals surface area contributed by atoms with E-state index in [9.17, 15) is 18.4 Å². The van der Waals surface area contributed by atoms with Crippen LogP contribution in [0.15, 0.2) is 51.8 Å². The second-order valence-electron chi connectivity index (χ2n) is 7.32. The van der Waals surface area contributed by atoms with Crippen LogP contribution in [-0.2, 0) is 17.8 Å². The Morgan fingerprint density at radius 1 is 1.21 bits per heavy atom. The first-order valence-corrected chi connectivity index (χ1v) is 10.6. The van der Waals surface area contributed by atoms with Crippen LogP contribution in [0.25, 0.3) is 22.2 Å². The van der Waals surface area contributed by atoms with Crippen molar-refractivity contribution in [1.82, 2.24) is 19.9 Å². The summed E-state index contributed by atoms with van der Waals surface area (Å²) in [7, 11) is 0. The molecule has 0 saturated carbocycles. The Bertz CT molecular complexity index is 1390. The van der Waals surface area contributed by atoms with Crippen molar-refractivity contribution in [2.45, 2.75) is 26.3 Å². The van der Waals surface area contributed by atoms with E-state index in [-0.39, 0.29) is 48.1 Å². The van der Waals surface area contributed by atoms with E-state index < -0.39 is 11.6 Å². The van der Waals surface area contributed by atoms with Gasteiger partial charge in [-0.05, 0) is 37.3 Å². The number of amides is 1. The fraction of sp³-hybridized carbons (Fsp3) is 0.217. The van der Waals surface area contributed by atoms with E-state index in [0.717, 1.165) is 12.1 Å². The number of H-pyrrole nitrogens is 1. The average Bonchev–Trinajstić information content (AvgIpc) is 3.24. The Balaban J connectivity index is 1.43. The van der Waals surface area contributed by atoms with Crippen LogP contribution in [-0.4, -0.2) is 32.3 Å². The minimum absolute atomic E-state index is 0.0862. The smallest absolute Gasteiger partial charge is 0.258 e. The third kappa shape index (κ3) is 5.09. The first-order valence-electron chi connectivity index (χ1n) is 10.2. The first-order chi connectivity index (χ1) is 15.8. The van der Waals surface area contributed by atoms with E-state index in [1.807, 2.05) is 6.92 Å². The van der Waals surface area contributed by atoms with Crippen LogP contribution in [0.1, 0.15) is 25.1 Å². The number of aromatic nitrogens is 3. The topological polar surface area (TPSA) is 92.1 Å². The highest BCUT2D eigenvalue weighted by atomic mass is 35.5. The molecule has 0 fully saturated rings. The standard InChI is InChI=1S/C23H19ClF2N4O3/c1-2-30(12-20-28-18-9-13(24)3-5-16(18)23(32)29-20)22(31)8-7-21-27-11-19(33-21)15-6-4-14(25)10-17(15)26/h3-6,9-11H,2,7-8,12H2,1H3,(H,28,29,32). The van der Waals surface area contributed by atoms with Crippen LogP contribution in [0.5, 0.6) is 0 Å². The molecule has 2 aromatic carbocycles. The summed E-state index contributed by atoms with van der Waals surface area (Å²) in [6.07, 6.45) is 1.61. The summed E-state index contributed by atoms with van der Waals surface area (Å²) in [4.78, 5) is 37.8. The molecule has 0 unspecified atom stereocenters. The Morgan fingerprint density at radius 2 is 2.03 bits per heavy atom. The van der Waals surface area contributed by atoms with Gasteiger partial charge in [-0.15, -0.1) is 0 Å². The van der Waals surface area contributed by atoms with Crippen molar-refractivity contribution in [2.75, 3.05) is 6.54 Å². The van der Waals surface area contributed by atoms with Crippen LogP contribution in [0.2, 0.25) is 5.02 Å². The van der Waals surface area contributed by atoms with Gasteiger partial charge >= 0.3 is 0 Å². The number of oxazole rings is 1. The summed E-state index contributed by atoms with van der Waals surface area (Å²) < 4.78 is 32.6. The molecule has 1 amide bonds. The second-order valence-corrected chi connectivity index (χ2v) is 7.76. The number of benzene rings is 2. The maximum absolute atomic E-state index is 13.9.